The van der Waals surface area contributed by atoms with Gasteiger partial charge in [-0.3, -0.25) is 0 Å². The topological polar surface area (TPSA) is 77.4 Å². The van der Waals surface area contributed by atoms with Crippen LogP contribution in [0.3, 0.4) is 0 Å². The molecule has 0 bridgehead atoms. The van der Waals surface area contributed by atoms with Crippen molar-refractivity contribution in [2.45, 2.75) is 6.92 Å². The van der Waals surface area contributed by atoms with Gasteiger partial charge in [-0.25, -0.2) is 15.0 Å². The molecule has 1 aliphatic rings. The molecule has 0 atom stereocenters. The van der Waals surface area contributed by atoms with E-state index in [-0.39, 0.29) is 0 Å². The predicted molar refractivity (Wildman–Crippen MR) is 75.1 cm³/mol. The van der Waals surface area contributed by atoms with Gasteiger partial charge in [-0.15, -0.1) is 0 Å². The van der Waals surface area contributed by atoms with Crippen LogP contribution in [-0.2, 0) is 4.74 Å². The van der Waals surface area contributed by atoms with Gasteiger partial charge in [-0.05, 0) is 6.92 Å². The van der Waals surface area contributed by atoms with Crippen LogP contribution in [0.25, 0.3) is 22.8 Å². The minimum absolute atomic E-state index is 0.443. The Morgan fingerprint density at radius 3 is 2.81 bits per heavy atom. The molecular weight excluding hydrogens is 272 g/mol. The molecule has 0 N–H and O–H groups in total. The number of morpholine rings is 1. The SMILES string of the molecule is Cc1nc(N2CCOCC2)c2oc(-c3ncco3)cc2n1. The molecular formula is C14H14N4O3. The average molecular weight is 286 g/mol. The minimum Gasteiger partial charge on any atom is -0.445 e. The number of aromatic nitrogens is 3. The molecule has 0 radical (unpaired) electrons. The lowest BCUT2D eigenvalue weighted by Crippen LogP contribution is -2.37. The second-order valence-electron chi connectivity index (χ2n) is 4.86. The molecule has 3 aromatic rings. The van der Waals surface area contributed by atoms with Crippen molar-refractivity contribution in [1.29, 1.82) is 0 Å². The second-order valence-corrected chi connectivity index (χ2v) is 4.86. The zero-order valence-electron chi connectivity index (χ0n) is 11.6. The first-order valence-corrected chi connectivity index (χ1v) is 6.82. The van der Waals surface area contributed by atoms with Crippen LogP contribution in [-0.4, -0.2) is 41.3 Å². The third kappa shape index (κ3) is 2.15. The highest BCUT2D eigenvalue weighted by Crippen LogP contribution is 2.31. The van der Waals surface area contributed by atoms with Gasteiger partial charge in [0, 0.05) is 19.2 Å². The number of oxazole rings is 1. The summed E-state index contributed by atoms with van der Waals surface area (Å²) >= 11 is 0. The third-order valence-corrected chi connectivity index (χ3v) is 3.42. The normalized spacial score (nSPS) is 15.8. The van der Waals surface area contributed by atoms with Crippen molar-refractivity contribution in [2.75, 3.05) is 31.2 Å². The number of ether oxygens (including phenoxy) is 1. The van der Waals surface area contributed by atoms with Crippen molar-refractivity contribution < 1.29 is 13.6 Å². The van der Waals surface area contributed by atoms with Crippen molar-refractivity contribution in [3.05, 3.63) is 24.4 Å². The van der Waals surface area contributed by atoms with E-state index in [4.69, 9.17) is 13.6 Å². The second kappa shape index (κ2) is 4.85. The highest BCUT2D eigenvalue weighted by atomic mass is 16.5. The fourth-order valence-electron chi connectivity index (χ4n) is 2.47. The molecule has 3 aromatic heterocycles. The Morgan fingerprint density at radius 2 is 2.05 bits per heavy atom. The maximum absolute atomic E-state index is 5.89. The first-order valence-electron chi connectivity index (χ1n) is 6.82. The highest BCUT2D eigenvalue weighted by molar-refractivity contribution is 5.87. The van der Waals surface area contributed by atoms with E-state index in [1.54, 1.807) is 6.20 Å². The Bertz CT molecular complexity index is 760. The van der Waals surface area contributed by atoms with Gasteiger partial charge < -0.3 is 18.5 Å². The van der Waals surface area contributed by atoms with E-state index in [1.807, 2.05) is 13.0 Å². The molecule has 0 aromatic carbocycles. The lowest BCUT2D eigenvalue weighted by atomic mass is 10.3. The zero-order valence-corrected chi connectivity index (χ0v) is 11.6. The summed E-state index contributed by atoms with van der Waals surface area (Å²) in [5, 5.41) is 0. The molecule has 0 unspecified atom stereocenters. The number of aryl methyl sites for hydroxylation is 1. The quantitative estimate of drug-likeness (QED) is 0.713. The molecule has 0 amide bonds. The number of anilines is 1. The summed E-state index contributed by atoms with van der Waals surface area (Å²) in [6, 6.07) is 1.83. The summed E-state index contributed by atoms with van der Waals surface area (Å²) < 4.78 is 16.6. The van der Waals surface area contributed by atoms with E-state index in [9.17, 15) is 0 Å². The first-order chi connectivity index (χ1) is 10.3. The van der Waals surface area contributed by atoms with Crippen LogP contribution in [0.5, 0.6) is 0 Å². The lowest BCUT2D eigenvalue weighted by Gasteiger charge is -2.27. The van der Waals surface area contributed by atoms with Crippen LogP contribution < -0.4 is 4.90 Å². The smallest absolute Gasteiger partial charge is 0.262 e. The Kier molecular flexibility index (Phi) is 2.85. The van der Waals surface area contributed by atoms with E-state index in [0.717, 1.165) is 24.4 Å². The summed E-state index contributed by atoms with van der Waals surface area (Å²) in [6.45, 7) is 4.85. The Morgan fingerprint density at radius 1 is 1.19 bits per heavy atom. The molecule has 108 valence electrons. The van der Waals surface area contributed by atoms with Gasteiger partial charge in [0.2, 0.25) is 0 Å². The van der Waals surface area contributed by atoms with Gasteiger partial charge in [-0.1, -0.05) is 0 Å². The van der Waals surface area contributed by atoms with E-state index in [1.165, 1.54) is 6.26 Å². The van der Waals surface area contributed by atoms with E-state index >= 15 is 0 Å². The van der Waals surface area contributed by atoms with Crippen molar-refractivity contribution >= 4 is 16.9 Å². The maximum Gasteiger partial charge on any atom is 0.262 e. The minimum atomic E-state index is 0.443. The number of fused-ring (bicyclic) bond motifs is 1. The van der Waals surface area contributed by atoms with Crippen molar-refractivity contribution in [3.8, 4) is 11.7 Å². The highest BCUT2D eigenvalue weighted by Gasteiger charge is 2.21. The van der Waals surface area contributed by atoms with Gasteiger partial charge in [-0.2, -0.15) is 0 Å². The summed E-state index contributed by atoms with van der Waals surface area (Å²) in [7, 11) is 0. The van der Waals surface area contributed by atoms with Crippen LogP contribution in [0.4, 0.5) is 5.82 Å². The molecule has 1 saturated heterocycles. The molecule has 7 nitrogen and oxygen atoms in total. The largest absolute Gasteiger partial charge is 0.445 e. The van der Waals surface area contributed by atoms with Gasteiger partial charge in [0.05, 0.1) is 19.4 Å². The molecule has 1 aliphatic heterocycles. The number of furan rings is 1. The molecule has 4 heterocycles. The Balaban J connectivity index is 1.85. The Labute approximate surface area is 120 Å². The number of hydrogen-bond acceptors (Lipinski definition) is 7. The lowest BCUT2D eigenvalue weighted by molar-refractivity contribution is 0.122. The molecule has 0 aliphatic carbocycles. The zero-order chi connectivity index (χ0) is 14.2. The molecule has 21 heavy (non-hydrogen) atoms. The first kappa shape index (κ1) is 12.3. The number of hydrogen-bond donors (Lipinski definition) is 0. The van der Waals surface area contributed by atoms with E-state index in [2.05, 4.69) is 19.9 Å². The van der Waals surface area contributed by atoms with Gasteiger partial charge in [0.25, 0.3) is 5.89 Å². The summed E-state index contributed by atoms with van der Waals surface area (Å²) in [5.74, 6) is 2.52. The maximum atomic E-state index is 5.89. The molecule has 7 heteroatoms. The number of rotatable bonds is 2. The predicted octanol–water partition coefficient (Wildman–Crippen LogP) is 2.02. The van der Waals surface area contributed by atoms with E-state index < -0.39 is 0 Å². The van der Waals surface area contributed by atoms with Gasteiger partial charge >= 0.3 is 0 Å². The standard InChI is InChI=1S/C14H14N4O3/c1-9-16-10-8-11(14-15-2-5-20-14)21-12(10)13(17-9)18-3-6-19-7-4-18/h2,5,8H,3-4,6-7H2,1H3. The van der Waals surface area contributed by atoms with Crippen molar-refractivity contribution in [1.82, 2.24) is 15.0 Å². The van der Waals surface area contributed by atoms with Crippen LogP contribution >= 0.6 is 0 Å². The summed E-state index contributed by atoms with van der Waals surface area (Å²) in [6.07, 6.45) is 3.10. The monoisotopic (exact) mass is 286 g/mol. The van der Waals surface area contributed by atoms with E-state index in [0.29, 0.717) is 36.3 Å². The van der Waals surface area contributed by atoms with Crippen LogP contribution in [0, 0.1) is 6.92 Å². The molecule has 1 fully saturated rings. The van der Waals surface area contributed by atoms with Crippen LogP contribution in [0.1, 0.15) is 5.82 Å². The number of nitrogens with zero attached hydrogens (tertiary/aromatic N) is 4. The van der Waals surface area contributed by atoms with Crippen molar-refractivity contribution in [2.24, 2.45) is 0 Å². The molecule has 0 saturated carbocycles. The van der Waals surface area contributed by atoms with Crippen LogP contribution in [0.2, 0.25) is 0 Å². The van der Waals surface area contributed by atoms with Gasteiger partial charge in [0.1, 0.15) is 17.6 Å². The fraction of sp³-hybridized carbons (Fsp3) is 0.357. The Hall–Kier alpha value is -2.41. The third-order valence-electron chi connectivity index (χ3n) is 3.42. The summed E-state index contributed by atoms with van der Waals surface area (Å²) in [5.41, 5.74) is 1.42. The molecule has 4 rings (SSSR count). The molecule has 0 spiro atoms. The summed E-state index contributed by atoms with van der Waals surface area (Å²) in [4.78, 5) is 15.2. The van der Waals surface area contributed by atoms with Gasteiger partial charge in [0.15, 0.2) is 17.2 Å². The van der Waals surface area contributed by atoms with Crippen LogP contribution in [0.15, 0.2) is 27.4 Å². The van der Waals surface area contributed by atoms with Crippen molar-refractivity contribution in [3.63, 3.8) is 0 Å². The average Bonchev–Trinajstić information content (AvgIpc) is 3.16. The fourth-order valence-corrected chi connectivity index (χ4v) is 2.47.